The molecule has 0 fully saturated rings. The third-order valence-corrected chi connectivity index (χ3v) is 4.58. The van der Waals surface area contributed by atoms with Crippen LogP contribution in [0.4, 0.5) is 15.8 Å². The Morgan fingerprint density at radius 3 is 2.12 bits per heavy atom. The van der Waals surface area contributed by atoms with Crippen molar-refractivity contribution in [3.63, 3.8) is 0 Å². The van der Waals surface area contributed by atoms with Gasteiger partial charge in [0.25, 0.3) is 5.91 Å². The van der Waals surface area contributed by atoms with Gasteiger partial charge < -0.3 is 15.4 Å². The van der Waals surface area contributed by atoms with Crippen molar-refractivity contribution >= 4 is 35.3 Å². The Bertz CT molecular complexity index is 1160. The van der Waals surface area contributed by atoms with Crippen LogP contribution in [0.15, 0.2) is 77.9 Å². The largest absolute Gasteiger partial charge is 0.484 e. The number of ether oxygens (including phenoxy) is 1. The van der Waals surface area contributed by atoms with Gasteiger partial charge in [-0.1, -0.05) is 19.1 Å². The molecule has 0 bridgehead atoms. The van der Waals surface area contributed by atoms with E-state index in [-0.39, 0.29) is 12.5 Å². The first-order valence-electron chi connectivity index (χ1n) is 10.4. The monoisotopic (exact) mass is 462 g/mol. The quantitative estimate of drug-likeness (QED) is 0.270. The third-order valence-electron chi connectivity index (χ3n) is 4.58. The zero-order valence-corrected chi connectivity index (χ0v) is 18.4. The molecular weight excluding hydrogens is 439 g/mol. The Balaban J connectivity index is 1.41. The van der Waals surface area contributed by atoms with Crippen LogP contribution in [-0.2, 0) is 20.8 Å². The lowest BCUT2D eigenvalue weighted by Crippen LogP contribution is -2.32. The second kappa shape index (κ2) is 11.9. The molecule has 0 aliphatic rings. The number of hydrazone groups is 1. The zero-order valence-electron chi connectivity index (χ0n) is 18.4. The van der Waals surface area contributed by atoms with E-state index in [4.69, 9.17) is 4.74 Å². The second-order valence-corrected chi connectivity index (χ2v) is 7.12. The van der Waals surface area contributed by atoms with Crippen LogP contribution in [0.1, 0.15) is 18.1 Å². The molecular formula is C25H23FN4O4. The van der Waals surface area contributed by atoms with E-state index in [1.807, 2.05) is 19.1 Å². The first kappa shape index (κ1) is 24.1. The molecule has 0 saturated heterocycles. The molecule has 3 rings (SSSR count). The van der Waals surface area contributed by atoms with Crippen molar-refractivity contribution in [2.24, 2.45) is 5.10 Å². The average molecular weight is 462 g/mol. The van der Waals surface area contributed by atoms with Crippen molar-refractivity contribution in [2.75, 3.05) is 17.2 Å². The van der Waals surface area contributed by atoms with E-state index in [9.17, 15) is 18.8 Å². The van der Waals surface area contributed by atoms with Gasteiger partial charge in [0.05, 0.1) is 6.21 Å². The number of anilines is 2. The molecule has 8 nitrogen and oxygen atoms in total. The summed E-state index contributed by atoms with van der Waals surface area (Å²) in [4.78, 5) is 35.8. The lowest BCUT2D eigenvalue weighted by atomic mass is 10.1. The molecule has 0 radical (unpaired) electrons. The van der Waals surface area contributed by atoms with Crippen molar-refractivity contribution in [1.29, 1.82) is 0 Å². The molecule has 3 aromatic rings. The maximum absolute atomic E-state index is 12.9. The molecule has 3 aromatic carbocycles. The molecule has 0 aromatic heterocycles. The molecule has 0 atom stereocenters. The van der Waals surface area contributed by atoms with Gasteiger partial charge in [-0.3, -0.25) is 14.4 Å². The summed E-state index contributed by atoms with van der Waals surface area (Å²) in [6.45, 7) is 1.80. The fourth-order valence-corrected chi connectivity index (χ4v) is 2.76. The first-order chi connectivity index (χ1) is 16.4. The second-order valence-electron chi connectivity index (χ2n) is 7.12. The molecule has 0 heterocycles. The van der Waals surface area contributed by atoms with Gasteiger partial charge in [-0.05, 0) is 78.2 Å². The van der Waals surface area contributed by atoms with Gasteiger partial charge in [-0.25, -0.2) is 9.82 Å². The predicted octanol–water partition coefficient (Wildman–Crippen LogP) is 3.49. The van der Waals surface area contributed by atoms with Crippen LogP contribution in [0.2, 0.25) is 0 Å². The molecule has 174 valence electrons. The first-order valence-corrected chi connectivity index (χ1v) is 10.4. The normalized spacial score (nSPS) is 10.5. The van der Waals surface area contributed by atoms with Gasteiger partial charge in [0, 0.05) is 11.4 Å². The highest BCUT2D eigenvalue weighted by atomic mass is 19.1. The summed E-state index contributed by atoms with van der Waals surface area (Å²) in [6, 6.07) is 19.2. The average Bonchev–Trinajstić information content (AvgIpc) is 2.85. The molecule has 3 amide bonds. The summed E-state index contributed by atoms with van der Waals surface area (Å²) in [5.74, 6) is -2.06. The number of carbonyl (C=O) groups is 3. The van der Waals surface area contributed by atoms with Crippen LogP contribution in [-0.4, -0.2) is 30.5 Å². The Hall–Kier alpha value is -4.53. The van der Waals surface area contributed by atoms with Crippen LogP contribution >= 0.6 is 0 Å². The van der Waals surface area contributed by atoms with Crippen LogP contribution < -0.4 is 20.8 Å². The number of amides is 3. The minimum Gasteiger partial charge on any atom is -0.484 e. The Labute approximate surface area is 195 Å². The molecule has 0 saturated carbocycles. The molecule has 3 N–H and O–H groups in total. The summed E-state index contributed by atoms with van der Waals surface area (Å²) in [6.07, 6.45) is 2.25. The summed E-state index contributed by atoms with van der Waals surface area (Å²) >= 11 is 0. The number of rotatable bonds is 8. The number of carbonyl (C=O) groups excluding carboxylic acids is 3. The highest BCUT2D eigenvalue weighted by molar-refractivity contribution is 6.39. The summed E-state index contributed by atoms with van der Waals surface area (Å²) in [5.41, 5.74) is 4.91. The highest BCUT2D eigenvalue weighted by Gasteiger charge is 2.12. The number of halogens is 1. The van der Waals surface area contributed by atoms with E-state index in [0.29, 0.717) is 22.7 Å². The zero-order chi connectivity index (χ0) is 24.3. The highest BCUT2D eigenvalue weighted by Crippen LogP contribution is 2.12. The molecule has 0 aliphatic heterocycles. The van der Waals surface area contributed by atoms with E-state index in [1.165, 1.54) is 30.5 Å². The van der Waals surface area contributed by atoms with Crippen molar-refractivity contribution in [3.05, 3.63) is 89.7 Å². The number of hydrogen-bond acceptors (Lipinski definition) is 5. The van der Waals surface area contributed by atoms with Gasteiger partial charge in [-0.2, -0.15) is 5.10 Å². The molecule has 34 heavy (non-hydrogen) atoms. The number of aryl methyl sites for hydroxylation is 1. The minimum atomic E-state index is -0.900. The van der Waals surface area contributed by atoms with Crippen molar-refractivity contribution < 1.29 is 23.5 Å². The van der Waals surface area contributed by atoms with Gasteiger partial charge in [0.2, 0.25) is 0 Å². The predicted molar refractivity (Wildman–Crippen MR) is 127 cm³/mol. The Morgan fingerprint density at radius 2 is 1.47 bits per heavy atom. The van der Waals surface area contributed by atoms with Gasteiger partial charge >= 0.3 is 11.8 Å². The van der Waals surface area contributed by atoms with Gasteiger partial charge in [0.1, 0.15) is 11.6 Å². The minimum absolute atomic E-state index is 0.225. The fourth-order valence-electron chi connectivity index (χ4n) is 2.76. The van der Waals surface area contributed by atoms with E-state index in [1.54, 1.807) is 36.4 Å². The van der Waals surface area contributed by atoms with Crippen LogP contribution in [0, 0.1) is 5.82 Å². The van der Waals surface area contributed by atoms with E-state index in [2.05, 4.69) is 21.2 Å². The summed E-state index contributed by atoms with van der Waals surface area (Å²) in [5, 5.41) is 8.86. The third kappa shape index (κ3) is 7.56. The van der Waals surface area contributed by atoms with Crippen molar-refractivity contribution in [3.8, 4) is 5.75 Å². The Morgan fingerprint density at radius 1 is 0.853 bits per heavy atom. The number of nitrogens with one attached hydrogen (secondary N) is 3. The number of benzene rings is 3. The lowest BCUT2D eigenvalue weighted by Gasteiger charge is -2.07. The molecule has 9 heteroatoms. The summed E-state index contributed by atoms with van der Waals surface area (Å²) in [7, 11) is 0. The van der Waals surface area contributed by atoms with Crippen LogP contribution in [0.3, 0.4) is 0 Å². The topological polar surface area (TPSA) is 109 Å². The SMILES string of the molecule is CCc1ccc(NC(=O)C(=O)N/N=C\c2ccc(OCC(=O)Nc3ccc(F)cc3)cc2)cc1. The smallest absolute Gasteiger partial charge is 0.329 e. The van der Waals surface area contributed by atoms with E-state index in [0.717, 1.165) is 12.0 Å². The van der Waals surface area contributed by atoms with E-state index >= 15 is 0 Å². The van der Waals surface area contributed by atoms with Crippen molar-refractivity contribution in [1.82, 2.24) is 5.43 Å². The fraction of sp³-hybridized carbons (Fsp3) is 0.120. The van der Waals surface area contributed by atoms with Gasteiger partial charge in [-0.15, -0.1) is 0 Å². The van der Waals surface area contributed by atoms with E-state index < -0.39 is 17.6 Å². The van der Waals surface area contributed by atoms with Gasteiger partial charge in [0.15, 0.2) is 6.61 Å². The molecule has 0 spiro atoms. The van der Waals surface area contributed by atoms with Crippen LogP contribution in [0.25, 0.3) is 0 Å². The number of hydrogen-bond donors (Lipinski definition) is 3. The standard InChI is InChI=1S/C25H23FN4O4/c1-2-17-3-9-21(10-4-17)29-24(32)25(33)30-27-15-18-5-13-22(14-6-18)34-16-23(31)28-20-11-7-19(26)8-12-20/h3-15H,2,16H2,1H3,(H,28,31)(H,29,32)(H,30,33)/b27-15-. The maximum atomic E-state index is 12.9. The Kier molecular flexibility index (Phi) is 8.45. The summed E-state index contributed by atoms with van der Waals surface area (Å²) < 4.78 is 18.3. The van der Waals surface area contributed by atoms with Crippen LogP contribution in [0.5, 0.6) is 5.75 Å². The molecule has 0 unspecified atom stereocenters. The molecule has 0 aliphatic carbocycles. The number of nitrogens with zero attached hydrogens (tertiary/aromatic N) is 1. The van der Waals surface area contributed by atoms with Crippen molar-refractivity contribution in [2.45, 2.75) is 13.3 Å². The lowest BCUT2D eigenvalue weighted by molar-refractivity contribution is -0.136. The maximum Gasteiger partial charge on any atom is 0.329 e.